The SMILES string of the molecule is OC(CNC1CN2CCC1CC2)c1cc(Cl)ccc1Cl. The second-order valence-electron chi connectivity index (χ2n) is 5.83. The first-order valence-corrected chi connectivity index (χ1v) is 7.98. The fourth-order valence-electron chi connectivity index (χ4n) is 3.34. The van der Waals surface area contributed by atoms with Crippen molar-refractivity contribution in [2.45, 2.75) is 25.0 Å². The maximum atomic E-state index is 10.3. The Hall–Kier alpha value is -0.320. The zero-order valence-corrected chi connectivity index (χ0v) is 12.9. The Bertz CT molecular complexity index is 475. The van der Waals surface area contributed by atoms with Crippen LogP contribution in [-0.4, -0.2) is 42.2 Å². The van der Waals surface area contributed by atoms with Crippen molar-refractivity contribution in [3.05, 3.63) is 33.8 Å². The van der Waals surface area contributed by atoms with Crippen molar-refractivity contribution >= 4 is 23.2 Å². The lowest BCUT2D eigenvalue weighted by molar-refractivity contribution is 0.0635. The van der Waals surface area contributed by atoms with Gasteiger partial charge in [0, 0.05) is 34.7 Å². The predicted octanol–water partition coefficient (Wildman–Crippen LogP) is 2.71. The standard InChI is InChI=1S/C15H20Cl2N2O/c16-11-1-2-13(17)12(7-11)15(20)8-18-14-9-19-5-3-10(14)4-6-19/h1-2,7,10,14-15,18,20H,3-6,8-9H2. The second-order valence-corrected chi connectivity index (χ2v) is 6.68. The molecule has 1 aromatic rings. The van der Waals surface area contributed by atoms with Gasteiger partial charge in [0.1, 0.15) is 0 Å². The summed E-state index contributed by atoms with van der Waals surface area (Å²) in [5, 5.41) is 15.0. The molecule has 3 aliphatic rings. The number of fused-ring (bicyclic) bond motifs is 3. The van der Waals surface area contributed by atoms with Crippen molar-refractivity contribution < 1.29 is 5.11 Å². The second kappa shape index (κ2) is 6.20. The van der Waals surface area contributed by atoms with E-state index >= 15 is 0 Å². The lowest BCUT2D eigenvalue weighted by Gasteiger charge is -2.45. The Kier molecular flexibility index (Phi) is 4.53. The molecule has 1 aromatic carbocycles. The smallest absolute Gasteiger partial charge is 0.0929 e. The lowest BCUT2D eigenvalue weighted by atomic mass is 9.84. The van der Waals surface area contributed by atoms with E-state index in [9.17, 15) is 5.11 Å². The van der Waals surface area contributed by atoms with Gasteiger partial charge in [-0.25, -0.2) is 0 Å². The molecule has 0 saturated carbocycles. The minimum Gasteiger partial charge on any atom is -0.387 e. The predicted molar refractivity (Wildman–Crippen MR) is 82.4 cm³/mol. The lowest BCUT2D eigenvalue weighted by Crippen LogP contribution is -2.56. The fourth-order valence-corrected chi connectivity index (χ4v) is 3.76. The van der Waals surface area contributed by atoms with Gasteiger partial charge in [-0.2, -0.15) is 0 Å². The van der Waals surface area contributed by atoms with Gasteiger partial charge < -0.3 is 15.3 Å². The first-order chi connectivity index (χ1) is 9.63. The molecule has 5 heteroatoms. The molecule has 2 N–H and O–H groups in total. The van der Waals surface area contributed by atoms with Crippen LogP contribution < -0.4 is 5.32 Å². The van der Waals surface area contributed by atoms with E-state index in [1.54, 1.807) is 18.2 Å². The zero-order chi connectivity index (χ0) is 14.1. The minimum absolute atomic E-state index is 0.491. The molecule has 3 aliphatic heterocycles. The van der Waals surface area contributed by atoms with Crippen molar-refractivity contribution in [3.63, 3.8) is 0 Å². The molecule has 2 atom stereocenters. The molecule has 20 heavy (non-hydrogen) atoms. The van der Waals surface area contributed by atoms with Crippen LogP contribution in [0.15, 0.2) is 18.2 Å². The third-order valence-electron chi connectivity index (χ3n) is 4.55. The van der Waals surface area contributed by atoms with Gasteiger partial charge in [0.25, 0.3) is 0 Å². The van der Waals surface area contributed by atoms with Crippen LogP contribution in [0, 0.1) is 5.92 Å². The van der Waals surface area contributed by atoms with E-state index in [-0.39, 0.29) is 0 Å². The molecule has 0 aromatic heterocycles. The van der Waals surface area contributed by atoms with E-state index in [1.807, 2.05) is 0 Å². The van der Waals surface area contributed by atoms with E-state index in [1.165, 1.54) is 25.9 Å². The Labute approximate surface area is 129 Å². The molecule has 3 heterocycles. The average molecular weight is 315 g/mol. The number of hydrogen-bond donors (Lipinski definition) is 2. The number of hydrogen-bond acceptors (Lipinski definition) is 3. The highest BCUT2D eigenvalue weighted by atomic mass is 35.5. The van der Waals surface area contributed by atoms with E-state index in [4.69, 9.17) is 23.2 Å². The molecule has 4 rings (SSSR count). The summed E-state index contributed by atoms with van der Waals surface area (Å²) < 4.78 is 0. The Morgan fingerprint density at radius 2 is 2.05 bits per heavy atom. The molecule has 2 bridgehead atoms. The molecule has 3 fully saturated rings. The van der Waals surface area contributed by atoms with Crippen molar-refractivity contribution in [2.24, 2.45) is 5.92 Å². The number of rotatable bonds is 4. The maximum absolute atomic E-state index is 10.3. The van der Waals surface area contributed by atoms with Gasteiger partial charge >= 0.3 is 0 Å². The van der Waals surface area contributed by atoms with Gasteiger partial charge in [-0.3, -0.25) is 0 Å². The molecule has 0 aliphatic carbocycles. The first kappa shape index (κ1) is 14.6. The summed E-state index contributed by atoms with van der Waals surface area (Å²) in [5.41, 5.74) is 0.702. The van der Waals surface area contributed by atoms with Gasteiger partial charge in [0.15, 0.2) is 0 Å². The van der Waals surface area contributed by atoms with Crippen molar-refractivity contribution in [1.29, 1.82) is 0 Å². The van der Waals surface area contributed by atoms with E-state index < -0.39 is 6.10 Å². The Morgan fingerprint density at radius 1 is 1.30 bits per heavy atom. The highest BCUT2D eigenvalue weighted by Crippen LogP contribution is 2.29. The summed E-state index contributed by atoms with van der Waals surface area (Å²) in [6, 6.07) is 5.70. The number of nitrogens with zero attached hydrogens (tertiary/aromatic N) is 1. The largest absolute Gasteiger partial charge is 0.387 e. The Balaban J connectivity index is 1.59. The van der Waals surface area contributed by atoms with Crippen LogP contribution in [0.2, 0.25) is 10.0 Å². The zero-order valence-electron chi connectivity index (χ0n) is 11.4. The minimum atomic E-state index is -0.614. The summed E-state index contributed by atoms with van der Waals surface area (Å²) >= 11 is 12.1. The summed E-state index contributed by atoms with van der Waals surface area (Å²) in [5.74, 6) is 0.752. The van der Waals surface area contributed by atoms with Gasteiger partial charge in [-0.05, 0) is 50.0 Å². The van der Waals surface area contributed by atoms with Crippen molar-refractivity contribution in [2.75, 3.05) is 26.2 Å². The molecule has 0 spiro atoms. The van der Waals surface area contributed by atoms with Crippen LogP contribution in [-0.2, 0) is 0 Å². The summed E-state index contributed by atoms with van der Waals surface area (Å²) in [7, 11) is 0. The number of piperidine rings is 3. The van der Waals surface area contributed by atoms with E-state index in [0.717, 1.165) is 12.5 Å². The normalized spacial score (nSPS) is 30.4. The number of aliphatic hydroxyl groups excluding tert-OH is 1. The quantitative estimate of drug-likeness (QED) is 0.897. The Morgan fingerprint density at radius 3 is 2.70 bits per heavy atom. The first-order valence-electron chi connectivity index (χ1n) is 7.22. The third kappa shape index (κ3) is 3.12. The van der Waals surface area contributed by atoms with Gasteiger partial charge in [0.05, 0.1) is 6.10 Å². The molecular formula is C15H20Cl2N2O. The number of nitrogens with one attached hydrogen (secondary N) is 1. The monoisotopic (exact) mass is 314 g/mol. The molecule has 0 radical (unpaired) electrons. The van der Waals surface area contributed by atoms with E-state index in [2.05, 4.69) is 10.2 Å². The summed E-state index contributed by atoms with van der Waals surface area (Å²) in [6.07, 6.45) is 1.92. The highest BCUT2D eigenvalue weighted by molar-refractivity contribution is 6.33. The van der Waals surface area contributed by atoms with Gasteiger partial charge in [0.2, 0.25) is 0 Å². The maximum Gasteiger partial charge on any atom is 0.0929 e. The fraction of sp³-hybridized carbons (Fsp3) is 0.600. The molecule has 0 amide bonds. The van der Waals surface area contributed by atoms with Gasteiger partial charge in [-0.15, -0.1) is 0 Å². The van der Waals surface area contributed by atoms with E-state index in [0.29, 0.717) is 28.2 Å². The number of aliphatic hydroxyl groups is 1. The number of halogens is 2. The van der Waals surface area contributed by atoms with Crippen LogP contribution in [0.4, 0.5) is 0 Å². The van der Waals surface area contributed by atoms with Crippen LogP contribution in [0.5, 0.6) is 0 Å². The average Bonchev–Trinajstić information content (AvgIpc) is 2.48. The summed E-state index contributed by atoms with van der Waals surface area (Å²) in [6.45, 7) is 4.08. The molecule has 110 valence electrons. The summed E-state index contributed by atoms with van der Waals surface area (Å²) in [4.78, 5) is 2.50. The van der Waals surface area contributed by atoms with Crippen LogP contribution in [0.3, 0.4) is 0 Å². The third-order valence-corrected chi connectivity index (χ3v) is 5.13. The van der Waals surface area contributed by atoms with Crippen LogP contribution >= 0.6 is 23.2 Å². The highest BCUT2D eigenvalue weighted by Gasteiger charge is 2.33. The van der Waals surface area contributed by atoms with Crippen molar-refractivity contribution in [1.82, 2.24) is 10.2 Å². The van der Waals surface area contributed by atoms with Crippen molar-refractivity contribution in [3.8, 4) is 0 Å². The van der Waals surface area contributed by atoms with Crippen LogP contribution in [0.25, 0.3) is 0 Å². The molecule has 2 unspecified atom stereocenters. The molecule has 3 saturated heterocycles. The number of benzene rings is 1. The molecule has 3 nitrogen and oxygen atoms in total. The van der Waals surface area contributed by atoms with Crippen LogP contribution in [0.1, 0.15) is 24.5 Å². The van der Waals surface area contributed by atoms with Gasteiger partial charge in [-0.1, -0.05) is 23.2 Å². The topological polar surface area (TPSA) is 35.5 Å². The molecular weight excluding hydrogens is 295 g/mol.